The van der Waals surface area contributed by atoms with Crippen LogP contribution in [0, 0.1) is 12.8 Å². The lowest BCUT2D eigenvalue weighted by atomic mass is 9.94. The summed E-state index contributed by atoms with van der Waals surface area (Å²) in [7, 11) is 0. The molecule has 0 aliphatic carbocycles. The quantitative estimate of drug-likeness (QED) is 0.830. The smallest absolute Gasteiger partial charge is 0.149 e. The van der Waals surface area contributed by atoms with Crippen molar-refractivity contribution < 1.29 is 0 Å². The predicted molar refractivity (Wildman–Crippen MR) is 71.1 cm³/mol. The molecule has 90 valence electrons. The van der Waals surface area contributed by atoms with Crippen molar-refractivity contribution in [2.45, 2.75) is 33.6 Å². The Balaban J connectivity index is 2.24. The highest BCUT2D eigenvalue weighted by atomic mass is 32.1. The van der Waals surface area contributed by atoms with E-state index in [0.717, 1.165) is 21.3 Å². The van der Waals surface area contributed by atoms with Gasteiger partial charge in [0.15, 0.2) is 0 Å². The molecule has 0 amide bonds. The molecule has 0 fully saturated rings. The van der Waals surface area contributed by atoms with Crippen LogP contribution in [0.1, 0.15) is 37.4 Å². The number of aryl methyl sites for hydroxylation is 1. The molecule has 2 rings (SSSR count). The second kappa shape index (κ2) is 4.92. The second-order valence-corrected chi connectivity index (χ2v) is 5.81. The molecule has 3 nitrogen and oxygen atoms in total. The van der Waals surface area contributed by atoms with E-state index in [1.807, 2.05) is 13.1 Å². The number of hydrogen-bond acceptors (Lipinski definition) is 4. The third-order valence-electron chi connectivity index (χ3n) is 3.03. The summed E-state index contributed by atoms with van der Waals surface area (Å²) in [6.07, 6.45) is 1.90. The topological polar surface area (TPSA) is 38.7 Å². The zero-order valence-corrected chi connectivity index (χ0v) is 11.5. The fourth-order valence-electron chi connectivity index (χ4n) is 1.56. The van der Waals surface area contributed by atoms with Crippen LogP contribution in [0.2, 0.25) is 0 Å². The molecular weight excluding hydrogens is 230 g/mol. The van der Waals surface area contributed by atoms with E-state index in [9.17, 15) is 0 Å². The van der Waals surface area contributed by atoms with Crippen LogP contribution in [0.5, 0.6) is 0 Å². The van der Waals surface area contributed by atoms with Crippen molar-refractivity contribution in [3.05, 3.63) is 29.0 Å². The van der Waals surface area contributed by atoms with Gasteiger partial charge in [-0.1, -0.05) is 32.1 Å². The first-order valence-corrected chi connectivity index (χ1v) is 6.66. The first-order chi connectivity index (χ1) is 8.08. The van der Waals surface area contributed by atoms with Gasteiger partial charge in [-0.2, -0.15) is 0 Å². The van der Waals surface area contributed by atoms with Crippen LogP contribution in [0.15, 0.2) is 18.3 Å². The van der Waals surface area contributed by atoms with Gasteiger partial charge in [0.2, 0.25) is 0 Å². The van der Waals surface area contributed by atoms with Gasteiger partial charge in [-0.05, 0) is 25.0 Å². The van der Waals surface area contributed by atoms with E-state index in [-0.39, 0.29) is 0 Å². The van der Waals surface area contributed by atoms with Gasteiger partial charge in [0.1, 0.15) is 10.0 Å². The van der Waals surface area contributed by atoms with Gasteiger partial charge in [-0.3, -0.25) is 4.98 Å². The van der Waals surface area contributed by atoms with Gasteiger partial charge in [0, 0.05) is 23.4 Å². The van der Waals surface area contributed by atoms with Crippen molar-refractivity contribution in [1.29, 1.82) is 0 Å². The molecule has 0 saturated carbocycles. The highest BCUT2D eigenvalue weighted by molar-refractivity contribution is 7.14. The second-order valence-electron chi connectivity index (χ2n) is 4.63. The van der Waals surface area contributed by atoms with Crippen LogP contribution >= 0.6 is 11.3 Å². The number of nitrogens with zero attached hydrogens (tertiary/aromatic N) is 3. The number of pyridine rings is 1. The lowest BCUT2D eigenvalue weighted by molar-refractivity contribution is 0.524. The lowest BCUT2D eigenvalue weighted by Gasteiger charge is -2.14. The predicted octanol–water partition coefficient (Wildman–Crippen LogP) is 3.67. The molecule has 2 heterocycles. The van der Waals surface area contributed by atoms with Crippen LogP contribution in [0.4, 0.5) is 0 Å². The maximum atomic E-state index is 4.52. The minimum atomic E-state index is 0.486. The fourth-order valence-corrected chi connectivity index (χ4v) is 2.24. The average Bonchev–Trinajstić information content (AvgIpc) is 2.75. The molecule has 17 heavy (non-hydrogen) atoms. The maximum absolute atomic E-state index is 4.52. The zero-order valence-electron chi connectivity index (χ0n) is 10.6. The van der Waals surface area contributed by atoms with Crippen molar-refractivity contribution in [2.75, 3.05) is 0 Å². The average molecular weight is 247 g/mol. The van der Waals surface area contributed by atoms with E-state index < -0.39 is 0 Å². The number of hydrogen-bond donors (Lipinski definition) is 0. The highest BCUT2D eigenvalue weighted by Crippen LogP contribution is 2.26. The van der Waals surface area contributed by atoms with Crippen LogP contribution < -0.4 is 0 Å². The van der Waals surface area contributed by atoms with Gasteiger partial charge in [-0.15, -0.1) is 10.2 Å². The maximum Gasteiger partial charge on any atom is 0.149 e. The largest absolute Gasteiger partial charge is 0.260 e. The summed E-state index contributed by atoms with van der Waals surface area (Å²) < 4.78 is 0. The summed E-state index contributed by atoms with van der Waals surface area (Å²) in [6, 6.07) is 4.18. The van der Waals surface area contributed by atoms with E-state index in [4.69, 9.17) is 0 Å². The fraction of sp³-hybridized carbons (Fsp3) is 0.462. The molecule has 1 unspecified atom stereocenters. The molecule has 0 N–H and O–H groups in total. The Hall–Kier alpha value is -1.29. The van der Waals surface area contributed by atoms with Gasteiger partial charge in [-0.25, -0.2) is 0 Å². The molecular formula is C13H17N3S. The Kier molecular flexibility index (Phi) is 3.52. The summed E-state index contributed by atoms with van der Waals surface area (Å²) in [5.74, 6) is 1.09. The minimum Gasteiger partial charge on any atom is -0.260 e. The number of aromatic nitrogens is 3. The molecule has 0 spiro atoms. The normalized spacial score (nSPS) is 13.0. The third kappa shape index (κ3) is 2.69. The SMILES string of the molecule is Cc1nnc(-c2ccc(C(C)C(C)C)nc2)s1. The van der Waals surface area contributed by atoms with Gasteiger partial charge < -0.3 is 0 Å². The van der Waals surface area contributed by atoms with Gasteiger partial charge >= 0.3 is 0 Å². The molecule has 0 aliphatic heterocycles. The summed E-state index contributed by atoms with van der Waals surface area (Å²) in [5.41, 5.74) is 2.19. The van der Waals surface area contributed by atoms with Crippen LogP contribution in [0.3, 0.4) is 0 Å². The van der Waals surface area contributed by atoms with E-state index in [1.165, 1.54) is 0 Å². The van der Waals surface area contributed by atoms with Crippen LogP contribution in [-0.2, 0) is 0 Å². The zero-order chi connectivity index (χ0) is 12.4. The molecule has 2 aromatic heterocycles. The first kappa shape index (κ1) is 12.2. The Morgan fingerprint density at radius 2 is 1.88 bits per heavy atom. The first-order valence-electron chi connectivity index (χ1n) is 5.84. The Labute approximate surface area is 106 Å². The van der Waals surface area contributed by atoms with E-state index >= 15 is 0 Å². The van der Waals surface area contributed by atoms with Crippen molar-refractivity contribution in [2.24, 2.45) is 5.92 Å². The van der Waals surface area contributed by atoms with E-state index in [0.29, 0.717) is 11.8 Å². The van der Waals surface area contributed by atoms with E-state index in [1.54, 1.807) is 11.3 Å². The summed E-state index contributed by atoms with van der Waals surface area (Å²) in [6.45, 7) is 8.61. The molecule has 0 aliphatic rings. The standard InChI is InChI=1S/C13H17N3S/c1-8(2)9(3)12-6-5-11(7-14-12)13-16-15-10(4)17-13/h5-9H,1-4H3. The third-order valence-corrected chi connectivity index (χ3v) is 3.91. The number of rotatable bonds is 3. The summed E-state index contributed by atoms with van der Waals surface area (Å²) in [5, 5.41) is 10.1. The van der Waals surface area contributed by atoms with Crippen molar-refractivity contribution in [1.82, 2.24) is 15.2 Å². The molecule has 4 heteroatoms. The molecule has 0 aromatic carbocycles. The Morgan fingerprint density at radius 3 is 2.35 bits per heavy atom. The molecule has 2 aromatic rings. The van der Waals surface area contributed by atoms with Crippen molar-refractivity contribution >= 4 is 11.3 Å². The molecule has 0 saturated heterocycles. The summed E-state index contributed by atoms with van der Waals surface area (Å²) >= 11 is 1.60. The van der Waals surface area contributed by atoms with Crippen LogP contribution in [0.25, 0.3) is 10.6 Å². The van der Waals surface area contributed by atoms with Gasteiger partial charge in [0.25, 0.3) is 0 Å². The van der Waals surface area contributed by atoms with Crippen molar-refractivity contribution in [3.63, 3.8) is 0 Å². The molecule has 1 atom stereocenters. The summed E-state index contributed by atoms with van der Waals surface area (Å²) in [4.78, 5) is 4.52. The van der Waals surface area contributed by atoms with Crippen LogP contribution in [-0.4, -0.2) is 15.2 Å². The highest BCUT2D eigenvalue weighted by Gasteiger charge is 2.12. The Bertz CT molecular complexity index is 488. The monoisotopic (exact) mass is 247 g/mol. The van der Waals surface area contributed by atoms with Gasteiger partial charge in [0.05, 0.1) is 0 Å². The van der Waals surface area contributed by atoms with Crippen molar-refractivity contribution in [3.8, 4) is 10.6 Å². The molecule has 0 radical (unpaired) electrons. The lowest BCUT2D eigenvalue weighted by Crippen LogP contribution is -2.03. The van der Waals surface area contributed by atoms with E-state index in [2.05, 4.69) is 48.1 Å². The minimum absolute atomic E-state index is 0.486. The molecule has 0 bridgehead atoms. The Morgan fingerprint density at radius 1 is 1.12 bits per heavy atom.